The zero-order valence-corrected chi connectivity index (χ0v) is 12.1. The molecule has 17 heavy (non-hydrogen) atoms. The smallest absolute Gasteiger partial charge is 0.418 e. The Kier molecular flexibility index (Phi) is 5.05. The van der Waals surface area contributed by atoms with Crippen molar-refractivity contribution in [3.8, 4) is 0 Å². The summed E-state index contributed by atoms with van der Waals surface area (Å²) in [5.41, 5.74) is -0.466. The van der Waals surface area contributed by atoms with Gasteiger partial charge in [0.1, 0.15) is 5.60 Å². The summed E-state index contributed by atoms with van der Waals surface area (Å²) in [5.74, 6) is 0. The van der Waals surface area contributed by atoms with Crippen LogP contribution < -0.4 is 0 Å². The fourth-order valence-corrected chi connectivity index (χ4v) is 1.49. The highest BCUT2D eigenvalue weighted by Crippen LogP contribution is 2.13. The van der Waals surface area contributed by atoms with E-state index < -0.39 is 5.60 Å². The average molecular weight is 303 g/mol. The molecular weight excluding hydrogens is 284 g/mol. The third kappa shape index (κ3) is 5.26. The van der Waals surface area contributed by atoms with Crippen LogP contribution in [0.5, 0.6) is 0 Å². The number of halogens is 1. The first-order valence-electron chi connectivity index (χ1n) is 5.62. The quantitative estimate of drug-likeness (QED) is 0.750. The van der Waals surface area contributed by atoms with Crippen molar-refractivity contribution in [2.75, 3.05) is 11.9 Å². The lowest BCUT2D eigenvalue weighted by molar-refractivity contribution is 0.0393. The summed E-state index contributed by atoms with van der Waals surface area (Å²) >= 11 is 3.38. The maximum atomic E-state index is 11.7. The van der Waals surface area contributed by atoms with Crippen LogP contribution >= 0.6 is 15.9 Å². The molecule has 0 N–H and O–H groups in total. The molecule has 1 aliphatic rings. The molecule has 0 aromatic carbocycles. The maximum Gasteiger partial charge on any atom is 0.418 e. The van der Waals surface area contributed by atoms with Gasteiger partial charge in [-0.15, -0.1) is 0 Å². The van der Waals surface area contributed by atoms with E-state index in [0.29, 0.717) is 0 Å². The Hall–Kier alpha value is -0.970. The van der Waals surface area contributed by atoms with Crippen molar-refractivity contribution < 1.29 is 9.53 Å². The summed E-state index contributed by atoms with van der Waals surface area (Å²) in [5, 5.41) is 0.973. The van der Waals surface area contributed by atoms with Gasteiger partial charge >= 0.3 is 6.09 Å². The molecule has 5 heteroatoms. The molecule has 0 aliphatic carbocycles. The standard InChI is InChI=1S/C12H19BrN2O2/c1-12(2,3)17-11(16)15-9-7-14(8-10-15)6-4-5-13/h7-10H,4-6H2,1-3H3. The van der Waals surface area contributed by atoms with Crippen LogP contribution in [0.2, 0.25) is 0 Å². The van der Waals surface area contributed by atoms with Crippen molar-refractivity contribution in [2.45, 2.75) is 32.8 Å². The van der Waals surface area contributed by atoms with E-state index in [2.05, 4.69) is 15.9 Å². The van der Waals surface area contributed by atoms with Gasteiger partial charge in [-0.05, 0) is 27.2 Å². The number of carbonyl (C=O) groups excluding carboxylic acids is 1. The van der Waals surface area contributed by atoms with E-state index in [0.717, 1.165) is 18.3 Å². The predicted molar refractivity (Wildman–Crippen MR) is 71.5 cm³/mol. The Labute approximate surface area is 111 Å². The third-order valence-electron chi connectivity index (χ3n) is 1.99. The number of nitrogens with zero attached hydrogens (tertiary/aromatic N) is 2. The lowest BCUT2D eigenvalue weighted by Gasteiger charge is -2.26. The van der Waals surface area contributed by atoms with Gasteiger partial charge in [-0.3, -0.25) is 4.90 Å². The van der Waals surface area contributed by atoms with Crippen LogP contribution in [-0.2, 0) is 4.74 Å². The molecule has 0 fully saturated rings. The molecule has 0 saturated carbocycles. The lowest BCUT2D eigenvalue weighted by Crippen LogP contribution is -2.32. The van der Waals surface area contributed by atoms with Crippen molar-refractivity contribution in [1.82, 2.24) is 9.80 Å². The first-order chi connectivity index (χ1) is 7.92. The fraction of sp³-hybridized carbons (Fsp3) is 0.583. The first-order valence-corrected chi connectivity index (χ1v) is 6.74. The van der Waals surface area contributed by atoms with Gasteiger partial charge in [-0.25, -0.2) is 4.79 Å². The molecule has 0 unspecified atom stereocenters. The number of alkyl halides is 1. The Morgan fingerprint density at radius 2 is 1.82 bits per heavy atom. The lowest BCUT2D eigenvalue weighted by atomic mass is 10.2. The predicted octanol–water partition coefficient (Wildman–Crippen LogP) is 3.27. The van der Waals surface area contributed by atoms with Crippen molar-refractivity contribution in [2.24, 2.45) is 0 Å². The zero-order valence-electron chi connectivity index (χ0n) is 10.5. The Morgan fingerprint density at radius 3 is 2.29 bits per heavy atom. The van der Waals surface area contributed by atoms with Gasteiger partial charge in [0.2, 0.25) is 0 Å². The van der Waals surface area contributed by atoms with Crippen LogP contribution in [0.1, 0.15) is 27.2 Å². The summed E-state index contributed by atoms with van der Waals surface area (Å²) < 4.78 is 5.25. The SMILES string of the molecule is CC(C)(C)OC(=O)N1C=CN(CCCBr)C=C1. The molecule has 0 atom stereocenters. The van der Waals surface area contributed by atoms with Crippen molar-refractivity contribution in [3.05, 3.63) is 24.8 Å². The van der Waals surface area contributed by atoms with E-state index >= 15 is 0 Å². The second-order valence-electron chi connectivity index (χ2n) is 4.76. The molecule has 0 bridgehead atoms. The van der Waals surface area contributed by atoms with Crippen molar-refractivity contribution in [1.29, 1.82) is 0 Å². The minimum Gasteiger partial charge on any atom is -0.443 e. The van der Waals surface area contributed by atoms with Gasteiger partial charge in [-0.2, -0.15) is 0 Å². The number of rotatable bonds is 3. The number of amides is 1. The third-order valence-corrected chi connectivity index (χ3v) is 2.55. The molecule has 1 rings (SSSR count). The van der Waals surface area contributed by atoms with E-state index in [9.17, 15) is 4.79 Å². The minimum atomic E-state index is -0.466. The van der Waals surface area contributed by atoms with Crippen LogP contribution in [-0.4, -0.2) is 33.4 Å². The maximum absolute atomic E-state index is 11.7. The summed E-state index contributed by atoms with van der Waals surface area (Å²) in [4.78, 5) is 15.2. The second kappa shape index (κ2) is 6.10. The molecule has 4 nitrogen and oxygen atoms in total. The van der Waals surface area contributed by atoms with Crippen molar-refractivity contribution >= 4 is 22.0 Å². The molecule has 0 saturated heterocycles. The second-order valence-corrected chi connectivity index (χ2v) is 5.56. The van der Waals surface area contributed by atoms with Crippen LogP contribution in [0.15, 0.2) is 24.8 Å². The minimum absolute atomic E-state index is 0.356. The molecule has 96 valence electrons. The normalized spacial score (nSPS) is 15.3. The molecule has 0 aromatic heterocycles. The summed E-state index contributed by atoms with van der Waals surface area (Å²) in [6.07, 6.45) is 7.86. The van der Waals surface area contributed by atoms with Gasteiger partial charge in [0.25, 0.3) is 0 Å². The van der Waals surface area contributed by atoms with Gasteiger partial charge < -0.3 is 9.64 Å². The van der Waals surface area contributed by atoms with E-state index in [1.165, 1.54) is 4.90 Å². The highest BCUT2D eigenvalue weighted by Gasteiger charge is 2.20. The Bertz CT molecular complexity index is 307. The topological polar surface area (TPSA) is 32.8 Å². The molecule has 1 amide bonds. The Balaban J connectivity index is 2.45. The largest absolute Gasteiger partial charge is 0.443 e. The van der Waals surface area contributed by atoms with Crippen LogP contribution in [0.3, 0.4) is 0 Å². The Morgan fingerprint density at radius 1 is 1.24 bits per heavy atom. The highest BCUT2D eigenvalue weighted by molar-refractivity contribution is 9.09. The average Bonchev–Trinajstić information content (AvgIpc) is 2.24. The summed E-state index contributed by atoms with van der Waals surface area (Å²) in [7, 11) is 0. The van der Waals surface area contributed by atoms with E-state index in [-0.39, 0.29) is 6.09 Å². The summed E-state index contributed by atoms with van der Waals surface area (Å²) in [6.45, 7) is 6.49. The number of carbonyl (C=O) groups is 1. The van der Waals surface area contributed by atoms with E-state index in [4.69, 9.17) is 4.74 Å². The first kappa shape index (κ1) is 14.1. The molecular formula is C12H19BrN2O2. The van der Waals surface area contributed by atoms with Crippen LogP contribution in [0, 0.1) is 0 Å². The van der Waals surface area contributed by atoms with Gasteiger partial charge in [0.05, 0.1) is 0 Å². The van der Waals surface area contributed by atoms with Crippen LogP contribution in [0.25, 0.3) is 0 Å². The van der Waals surface area contributed by atoms with Gasteiger partial charge in [-0.1, -0.05) is 15.9 Å². The molecule has 1 heterocycles. The van der Waals surface area contributed by atoms with Gasteiger partial charge in [0, 0.05) is 36.7 Å². The van der Waals surface area contributed by atoms with Gasteiger partial charge in [0.15, 0.2) is 0 Å². The monoisotopic (exact) mass is 302 g/mol. The molecule has 0 aromatic rings. The van der Waals surface area contributed by atoms with E-state index in [1.54, 1.807) is 12.4 Å². The number of ether oxygens (including phenoxy) is 1. The fourth-order valence-electron chi connectivity index (χ4n) is 1.24. The zero-order chi connectivity index (χ0) is 12.9. The molecule has 0 radical (unpaired) electrons. The highest BCUT2D eigenvalue weighted by atomic mass is 79.9. The number of hydrogen-bond donors (Lipinski definition) is 0. The number of hydrogen-bond acceptors (Lipinski definition) is 3. The van der Waals surface area contributed by atoms with E-state index in [1.807, 2.05) is 38.1 Å². The van der Waals surface area contributed by atoms with Crippen LogP contribution in [0.4, 0.5) is 4.79 Å². The summed E-state index contributed by atoms with van der Waals surface area (Å²) in [6, 6.07) is 0. The molecule has 1 aliphatic heterocycles. The molecule has 0 spiro atoms. The van der Waals surface area contributed by atoms with Crippen molar-refractivity contribution in [3.63, 3.8) is 0 Å².